The minimum atomic E-state index is -3.71. The van der Waals surface area contributed by atoms with Crippen LogP contribution < -0.4 is 0 Å². The molecule has 0 spiro atoms. The van der Waals surface area contributed by atoms with Gasteiger partial charge in [0.05, 0.1) is 6.54 Å². The smallest absolute Gasteiger partial charge is 0.278 e. The molecule has 1 fully saturated rings. The van der Waals surface area contributed by atoms with Crippen molar-refractivity contribution >= 4 is 15.9 Å². The highest BCUT2D eigenvalue weighted by molar-refractivity contribution is 7.88. The van der Waals surface area contributed by atoms with Gasteiger partial charge in [-0.15, -0.1) is 0 Å². The Morgan fingerprint density at radius 3 is 2.46 bits per heavy atom. The molecule has 0 unspecified atom stereocenters. The fourth-order valence-corrected chi connectivity index (χ4v) is 4.33. The van der Waals surface area contributed by atoms with Gasteiger partial charge in [-0.3, -0.25) is 9.48 Å². The number of H-pyrrole nitrogens is 1. The van der Waals surface area contributed by atoms with Crippen LogP contribution in [0.25, 0.3) is 0 Å². The van der Waals surface area contributed by atoms with Crippen molar-refractivity contribution in [3.63, 3.8) is 0 Å². The number of sulfonamides is 1. The summed E-state index contributed by atoms with van der Waals surface area (Å²) in [6.07, 6.45) is 4.76. The van der Waals surface area contributed by atoms with E-state index in [9.17, 15) is 13.2 Å². The first-order valence-electron chi connectivity index (χ1n) is 8.75. The third-order valence-electron chi connectivity index (χ3n) is 4.61. The van der Waals surface area contributed by atoms with Crippen LogP contribution in [0.3, 0.4) is 0 Å². The second kappa shape index (κ2) is 7.52. The Labute approximate surface area is 161 Å². The molecular weight excluding hydrogens is 382 g/mol. The topological polar surface area (TPSA) is 117 Å². The largest absolute Gasteiger partial charge is 0.336 e. The second-order valence-electron chi connectivity index (χ2n) is 6.39. The summed E-state index contributed by atoms with van der Waals surface area (Å²) in [6, 6.07) is 9.25. The van der Waals surface area contributed by atoms with Gasteiger partial charge in [0, 0.05) is 44.1 Å². The fourth-order valence-electron chi connectivity index (χ4n) is 3.09. The Morgan fingerprint density at radius 2 is 1.86 bits per heavy atom. The lowest BCUT2D eigenvalue weighted by Crippen LogP contribution is -2.50. The maximum atomic E-state index is 12.7. The minimum absolute atomic E-state index is 0.109. The van der Waals surface area contributed by atoms with Gasteiger partial charge in [0.25, 0.3) is 21.1 Å². The molecule has 1 aliphatic rings. The summed E-state index contributed by atoms with van der Waals surface area (Å²) in [5.74, 6) is -0.109. The van der Waals surface area contributed by atoms with Crippen molar-refractivity contribution in [2.24, 2.45) is 0 Å². The molecule has 0 bridgehead atoms. The summed E-state index contributed by atoms with van der Waals surface area (Å²) >= 11 is 0. The lowest BCUT2D eigenvalue weighted by atomic mass is 10.1. The molecule has 1 N–H and O–H groups in total. The highest BCUT2D eigenvalue weighted by atomic mass is 32.2. The van der Waals surface area contributed by atoms with Gasteiger partial charge in [-0.25, -0.2) is 18.5 Å². The molecule has 1 amide bonds. The van der Waals surface area contributed by atoms with E-state index in [1.54, 1.807) is 23.2 Å². The van der Waals surface area contributed by atoms with E-state index in [0.29, 0.717) is 25.2 Å². The van der Waals surface area contributed by atoms with E-state index in [-0.39, 0.29) is 24.2 Å². The molecule has 28 heavy (non-hydrogen) atoms. The van der Waals surface area contributed by atoms with Gasteiger partial charge >= 0.3 is 0 Å². The number of piperazine rings is 1. The number of amides is 1. The van der Waals surface area contributed by atoms with Gasteiger partial charge in [0.2, 0.25) is 0 Å². The zero-order chi connectivity index (χ0) is 19.6. The predicted octanol–water partition coefficient (Wildman–Crippen LogP) is 0.196. The van der Waals surface area contributed by atoms with E-state index in [2.05, 4.69) is 20.3 Å². The molecule has 2 aromatic heterocycles. The zero-order valence-corrected chi connectivity index (χ0v) is 15.8. The van der Waals surface area contributed by atoms with Gasteiger partial charge in [-0.1, -0.05) is 12.1 Å². The molecule has 0 saturated carbocycles. The molecule has 1 saturated heterocycles. The number of aromatic nitrogens is 5. The summed E-state index contributed by atoms with van der Waals surface area (Å²) in [6.45, 7) is 1.71. The van der Waals surface area contributed by atoms with Crippen LogP contribution in [0.4, 0.5) is 0 Å². The molecule has 1 aromatic carbocycles. The van der Waals surface area contributed by atoms with Crippen LogP contribution in [0.1, 0.15) is 15.9 Å². The van der Waals surface area contributed by atoms with E-state index in [0.717, 1.165) is 11.9 Å². The average Bonchev–Trinajstić information content (AvgIpc) is 3.43. The molecule has 11 heteroatoms. The molecule has 3 aromatic rings. The summed E-state index contributed by atoms with van der Waals surface area (Å²) in [5, 5.41) is 9.95. The van der Waals surface area contributed by atoms with Gasteiger partial charge < -0.3 is 4.90 Å². The summed E-state index contributed by atoms with van der Waals surface area (Å²) < 4.78 is 28.0. The van der Waals surface area contributed by atoms with E-state index >= 15 is 0 Å². The number of carbonyl (C=O) groups excluding carboxylic acids is 1. The SMILES string of the molecule is O=C(c1ccc(Cn2cccn2)cc1)N1CCN(S(=O)(=O)c2ncn[nH]2)CC1. The second-order valence-corrected chi connectivity index (χ2v) is 8.24. The Bertz CT molecular complexity index is 1020. The van der Waals surface area contributed by atoms with Crippen LogP contribution in [-0.2, 0) is 16.6 Å². The summed E-state index contributed by atoms with van der Waals surface area (Å²) in [4.78, 5) is 18.1. The van der Waals surface area contributed by atoms with Crippen molar-refractivity contribution < 1.29 is 13.2 Å². The van der Waals surface area contributed by atoms with E-state index in [1.807, 2.05) is 29.1 Å². The third-order valence-corrected chi connectivity index (χ3v) is 6.34. The van der Waals surface area contributed by atoms with Crippen LogP contribution >= 0.6 is 0 Å². The Kier molecular flexibility index (Phi) is 4.92. The molecule has 0 atom stereocenters. The van der Waals surface area contributed by atoms with Crippen molar-refractivity contribution in [2.75, 3.05) is 26.2 Å². The predicted molar refractivity (Wildman–Crippen MR) is 98.8 cm³/mol. The van der Waals surface area contributed by atoms with E-state index in [4.69, 9.17) is 0 Å². The van der Waals surface area contributed by atoms with Gasteiger partial charge in [-0.05, 0) is 23.8 Å². The number of benzene rings is 1. The fraction of sp³-hybridized carbons (Fsp3) is 0.294. The molecule has 3 heterocycles. The third kappa shape index (κ3) is 3.66. The molecule has 10 nitrogen and oxygen atoms in total. The Hall–Kier alpha value is -3.05. The maximum absolute atomic E-state index is 12.7. The summed E-state index contributed by atoms with van der Waals surface area (Å²) in [5.41, 5.74) is 1.62. The molecule has 1 aliphatic heterocycles. The van der Waals surface area contributed by atoms with Crippen LogP contribution in [0, 0.1) is 0 Å². The van der Waals surface area contributed by atoms with E-state index < -0.39 is 10.0 Å². The van der Waals surface area contributed by atoms with Crippen LogP contribution in [0.2, 0.25) is 0 Å². The van der Waals surface area contributed by atoms with Gasteiger partial charge in [0.1, 0.15) is 6.33 Å². The van der Waals surface area contributed by atoms with Crippen molar-refractivity contribution in [3.05, 3.63) is 60.2 Å². The lowest BCUT2D eigenvalue weighted by Gasteiger charge is -2.33. The maximum Gasteiger partial charge on any atom is 0.278 e. The first-order chi connectivity index (χ1) is 13.5. The zero-order valence-electron chi connectivity index (χ0n) is 15.0. The highest BCUT2D eigenvalue weighted by Crippen LogP contribution is 2.16. The Morgan fingerprint density at radius 1 is 1.11 bits per heavy atom. The monoisotopic (exact) mass is 401 g/mol. The number of aromatic amines is 1. The van der Waals surface area contributed by atoms with Crippen molar-refractivity contribution in [1.82, 2.24) is 34.2 Å². The van der Waals surface area contributed by atoms with Crippen molar-refractivity contribution in [3.8, 4) is 0 Å². The average molecular weight is 401 g/mol. The van der Waals surface area contributed by atoms with Crippen molar-refractivity contribution in [2.45, 2.75) is 11.7 Å². The molecule has 0 aliphatic carbocycles. The Balaban J connectivity index is 1.37. The van der Waals surface area contributed by atoms with Crippen molar-refractivity contribution in [1.29, 1.82) is 0 Å². The normalized spacial score (nSPS) is 15.6. The minimum Gasteiger partial charge on any atom is -0.336 e. The number of rotatable bonds is 5. The van der Waals surface area contributed by atoms with E-state index in [1.165, 1.54) is 4.31 Å². The summed E-state index contributed by atoms with van der Waals surface area (Å²) in [7, 11) is -3.71. The molecule has 4 rings (SSSR count). The standard InChI is InChI=1S/C17H19N7O3S/c25-16(15-4-2-14(3-5-15)12-23-7-1-6-20-23)22-8-10-24(11-9-22)28(26,27)17-18-13-19-21-17/h1-7,13H,8-12H2,(H,18,19,21). The number of nitrogens with zero attached hydrogens (tertiary/aromatic N) is 6. The molecular formula is C17H19N7O3S. The number of carbonyl (C=O) groups is 1. The van der Waals surface area contributed by atoms with Gasteiger partial charge in [-0.2, -0.15) is 14.5 Å². The first kappa shape index (κ1) is 18.3. The molecule has 0 radical (unpaired) electrons. The number of hydrogen-bond donors (Lipinski definition) is 1. The van der Waals surface area contributed by atoms with Gasteiger partial charge in [0.15, 0.2) is 0 Å². The number of hydrogen-bond acceptors (Lipinski definition) is 6. The number of nitrogens with one attached hydrogen (secondary N) is 1. The van der Waals surface area contributed by atoms with Crippen LogP contribution in [0.15, 0.2) is 54.2 Å². The van der Waals surface area contributed by atoms with Crippen LogP contribution in [-0.4, -0.2) is 74.7 Å². The quantitative estimate of drug-likeness (QED) is 0.653. The molecule has 146 valence electrons. The highest BCUT2D eigenvalue weighted by Gasteiger charge is 2.32. The lowest BCUT2D eigenvalue weighted by molar-refractivity contribution is 0.0697. The van der Waals surface area contributed by atoms with Crippen LogP contribution in [0.5, 0.6) is 0 Å². The first-order valence-corrected chi connectivity index (χ1v) is 10.2.